The molecule has 0 aromatic heterocycles. The van der Waals surface area contributed by atoms with E-state index in [0.717, 1.165) is 12.1 Å². The Kier molecular flexibility index (Phi) is 3.42. The minimum absolute atomic E-state index is 0.749. The highest BCUT2D eigenvalue weighted by molar-refractivity contribution is 4.91. The first-order valence-electron chi connectivity index (χ1n) is 5.91. The Labute approximate surface area is 87.4 Å². The molecule has 1 saturated carbocycles. The molecule has 1 aliphatic heterocycles. The van der Waals surface area contributed by atoms with Crippen molar-refractivity contribution in [2.24, 2.45) is 0 Å². The largest absolute Gasteiger partial charge is 0.315 e. The molecule has 0 bridgehead atoms. The summed E-state index contributed by atoms with van der Waals surface area (Å²) >= 11 is 0. The average molecular weight is 197 g/mol. The molecule has 14 heavy (non-hydrogen) atoms. The minimum Gasteiger partial charge on any atom is -0.315 e. The fourth-order valence-corrected chi connectivity index (χ4v) is 2.87. The lowest BCUT2D eigenvalue weighted by Gasteiger charge is -2.38. The molecule has 0 unspecified atom stereocenters. The molecule has 0 aromatic rings. The zero-order valence-corrected chi connectivity index (χ0v) is 9.50. The molecule has 3 heteroatoms. The van der Waals surface area contributed by atoms with Crippen LogP contribution in [0.3, 0.4) is 0 Å². The van der Waals surface area contributed by atoms with E-state index < -0.39 is 0 Å². The fraction of sp³-hybridized carbons (Fsp3) is 1.00. The van der Waals surface area contributed by atoms with Gasteiger partial charge in [0.25, 0.3) is 0 Å². The van der Waals surface area contributed by atoms with Crippen molar-refractivity contribution in [3.63, 3.8) is 0 Å². The van der Waals surface area contributed by atoms with E-state index in [0.29, 0.717) is 0 Å². The van der Waals surface area contributed by atoms with Crippen LogP contribution in [0, 0.1) is 0 Å². The van der Waals surface area contributed by atoms with Crippen LogP contribution in [0.25, 0.3) is 0 Å². The molecule has 2 fully saturated rings. The zero-order valence-electron chi connectivity index (χ0n) is 9.50. The van der Waals surface area contributed by atoms with Crippen LogP contribution in [0.15, 0.2) is 0 Å². The molecule has 2 aliphatic rings. The molecule has 0 aromatic carbocycles. The number of piperazine rings is 1. The van der Waals surface area contributed by atoms with Crippen molar-refractivity contribution in [3.05, 3.63) is 0 Å². The molecular weight excluding hydrogens is 174 g/mol. The zero-order chi connectivity index (χ0) is 9.97. The summed E-state index contributed by atoms with van der Waals surface area (Å²) in [6, 6.07) is 1.56. The fourth-order valence-electron chi connectivity index (χ4n) is 2.87. The molecule has 0 amide bonds. The number of rotatable bonds is 2. The third-order valence-corrected chi connectivity index (χ3v) is 3.86. The maximum atomic E-state index is 3.47. The first kappa shape index (κ1) is 10.4. The van der Waals surface area contributed by atoms with Crippen LogP contribution in [0.2, 0.25) is 0 Å². The van der Waals surface area contributed by atoms with E-state index in [4.69, 9.17) is 0 Å². The molecule has 1 heterocycles. The van der Waals surface area contributed by atoms with Gasteiger partial charge in [0.15, 0.2) is 0 Å². The van der Waals surface area contributed by atoms with Crippen LogP contribution in [-0.4, -0.2) is 62.2 Å². The standard InChI is InChI=1S/C11H23N3/c1-12-10-4-3-5-11(10)14-8-6-13(2)7-9-14/h10-12H,3-9H2,1-2H3/t10-,11+/m1/s1. The van der Waals surface area contributed by atoms with E-state index in [2.05, 4.69) is 29.2 Å². The van der Waals surface area contributed by atoms with Gasteiger partial charge in [-0.3, -0.25) is 4.90 Å². The number of hydrogen-bond acceptors (Lipinski definition) is 3. The summed E-state index contributed by atoms with van der Waals surface area (Å²) in [6.45, 7) is 5.01. The molecule has 0 spiro atoms. The SMILES string of the molecule is CN[C@@H]1CCC[C@@H]1N1CCN(C)CC1. The van der Waals surface area contributed by atoms with Gasteiger partial charge >= 0.3 is 0 Å². The molecule has 82 valence electrons. The summed E-state index contributed by atoms with van der Waals surface area (Å²) in [5.41, 5.74) is 0. The predicted octanol–water partition coefficient (Wildman–Crippen LogP) is 0.374. The smallest absolute Gasteiger partial charge is 0.0250 e. The van der Waals surface area contributed by atoms with Gasteiger partial charge in [0.05, 0.1) is 0 Å². The average Bonchev–Trinajstić information content (AvgIpc) is 2.67. The minimum atomic E-state index is 0.749. The predicted molar refractivity (Wildman–Crippen MR) is 59.6 cm³/mol. The Balaban J connectivity index is 1.88. The summed E-state index contributed by atoms with van der Waals surface area (Å²) in [4.78, 5) is 5.12. The van der Waals surface area contributed by atoms with Crippen LogP contribution in [0.5, 0.6) is 0 Å². The second kappa shape index (κ2) is 4.60. The van der Waals surface area contributed by atoms with E-state index in [1.165, 1.54) is 45.4 Å². The monoisotopic (exact) mass is 197 g/mol. The van der Waals surface area contributed by atoms with Gasteiger partial charge in [-0.15, -0.1) is 0 Å². The molecule has 1 saturated heterocycles. The van der Waals surface area contributed by atoms with E-state index in [1.807, 2.05) is 0 Å². The van der Waals surface area contributed by atoms with Crippen molar-refractivity contribution < 1.29 is 0 Å². The van der Waals surface area contributed by atoms with Crippen LogP contribution >= 0.6 is 0 Å². The van der Waals surface area contributed by atoms with E-state index in [9.17, 15) is 0 Å². The number of nitrogens with zero attached hydrogens (tertiary/aromatic N) is 2. The Morgan fingerprint density at radius 3 is 2.43 bits per heavy atom. The van der Waals surface area contributed by atoms with Crippen LogP contribution in [0.4, 0.5) is 0 Å². The van der Waals surface area contributed by atoms with Gasteiger partial charge in [-0.2, -0.15) is 0 Å². The molecule has 1 aliphatic carbocycles. The maximum absolute atomic E-state index is 3.47. The molecular formula is C11H23N3. The maximum Gasteiger partial charge on any atom is 0.0250 e. The lowest BCUT2D eigenvalue weighted by molar-refractivity contribution is 0.102. The lowest BCUT2D eigenvalue weighted by atomic mass is 10.1. The topological polar surface area (TPSA) is 18.5 Å². The van der Waals surface area contributed by atoms with Crippen molar-refractivity contribution in [2.45, 2.75) is 31.3 Å². The molecule has 3 nitrogen and oxygen atoms in total. The number of likely N-dealkylation sites (N-methyl/N-ethyl adjacent to an activating group) is 2. The summed E-state index contributed by atoms with van der Waals surface area (Å²) < 4.78 is 0. The van der Waals surface area contributed by atoms with Gasteiger partial charge in [-0.1, -0.05) is 6.42 Å². The number of nitrogens with one attached hydrogen (secondary N) is 1. The second-order valence-corrected chi connectivity index (χ2v) is 4.73. The van der Waals surface area contributed by atoms with Crippen molar-refractivity contribution in [2.75, 3.05) is 40.3 Å². The van der Waals surface area contributed by atoms with Gasteiger partial charge in [0.1, 0.15) is 0 Å². The summed E-state index contributed by atoms with van der Waals surface area (Å²) in [5.74, 6) is 0. The van der Waals surface area contributed by atoms with Crippen LogP contribution in [0.1, 0.15) is 19.3 Å². The Bertz CT molecular complexity index is 175. The molecule has 1 N–H and O–H groups in total. The summed E-state index contributed by atoms with van der Waals surface area (Å²) in [7, 11) is 4.33. The third-order valence-electron chi connectivity index (χ3n) is 3.86. The first-order chi connectivity index (χ1) is 6.81. The van der Waals surface area contributed by atoms with E-state index in [-0.39, 0.29) is 0 Å². The second-order valence-electron chi connectivity index (χ2n) is 4.73. The van der Waals surface area contributed by atoms with E-state index >= 15 is 0 Å². The van der Waals surface area contributed by atoms with Crippen molar-refractivity contribution >= 4 is 0 Å². The van der Waals surface area contributed by atoms with Crippen molar-refractivity contribution in [1.82, 2.24) is 15.1 Å². The summed E-state index contributed by atoms with van der Waals surface area (Å²) in [6.07, 6.45) is 4.17. The van der Waals surface area contributed by atoms with Crippen LogP contribution in [-0.2, 0) is 0 Å². The van der Waals surface area contributed by atoms with Crippen LogP contribution < -0.4 is 5.32 Å². The highest BCUT2D eigenvalue weighted by Gasteiger charge is 2.31. The number of hydrogen-bond donors (Lipinski definition) is 1. The highest BCUT2D eigenvalue weighted by atomic mass is 15.3. The third kappa shape index (κ3) is 2.10. The summed E-state index contributed by atoms with van der Waals surface area (Å²) in [5, 5.41) is 3.47. The van der Waals surface area contributed by atoms with Gasteiger partial charge < -0.3 is 10.2 Å². The van der Waals surface area contributed by atoms with Gasteiger partial charge in [0, 0.05) is 38.3 Å². The Morgan fingerprint density at radius 2 is 1.79 bits per heavy atom. The normalized spacial score (nSPS) is 36.4. The Hall–Kier alpha value is -0.120. The van der Waals surface area contributed by atoms with Gasteiger partial charge in [-0.05, 0) is 26.9 Å². The van der Waals surface area contributed by atoms with Crippen molar-refractivity contribution in [3.8, 4) is 0 Å². The quantitative estimate of drug-likeness (QED) is 0.690. The van der Waals surface area contributed by atoms with Gasteiger partial charge in [0.2, 0.25) is 0 Å². The van der Waals surface area contributed by atoms with Crippen molar-refractivity contribution in [1.29, 1.82) is 0 Å². The Morgan fingerprint density at radius 1 is 1.07 bits per heavy atom. The van der Waals surface area contributed by atoms with Gasteiger partial charge in [-0.25, -0.2) is 0 Å². The first-order valence-corrected chi connectivity index (χ1v) is 5.91. The highest BCUT2D eigenvalue weighted by Crippen LogP contribution is 2.24. The lowest BCUT2D eigenvalue weighted by Crippen LogP contribution is -2.53. The molecule has 0 radical (unpaired) electrons. The molecule has 2 rings (SSSR count). The molecule has 2 atom stereocenters. The van der Waals surface area contributed by atoms with E-state index in [1.54, 1.807) is 0 Å².